The van der Waals surface area contributed by atoms with E-state index in [2.05, 4.69) is 27.1 Å². The van der Waals surface area contributed by atoms with Crippen LogP contribution in [0.15, 0.2) is 18.5 Å². The van der Waals surface area contributed by atoms with E-state index in [1.54, 1.807) is 12.4 Å². The Morgan fingerprint density at radius 2 is 2.29 bits per heavy atom. The first-order valence-corrected chi connectivity index (χ1v) is 5.07. The molecular weight excluding hydrogens is 176 g/mol. The van der Waals surface area contributed by atoms with E-state index in [1.807, 2.05) is 6.07 Å². The standard InChI is InChI=1S/C10H16N4/c1-9-7-11-5-6-14(9)8-10-12-3-2-4-13-10/h2-4,9,11H,5-8H2,1H3. The van der Waals surface area contributed by atoms with Crippen molar-refractivity contribution in [3.05, 3.63) is 24.3 Å². The maximum Gasteiger partial charge on any atom is 0.142 e. The molecule has 1 atom stereocenters. The Morgan fingerprint density at radius 3 is 3.00 bits per heavy atom. The average molecular weight is 192 g/mol. The van der Waals surface area contributed by atoms with E-state index in [0.717, 1.165) is 32.0 Å². The van der Waals surface area contributed by atoms with Gasteiger partial charge in [0.25, 0.3) is 0 Å². The first-order valence-electron chi connectivity index (χ1n) is 5.07. The normalized spacial score (nSPS) is 23.6. The molecule has 0 saturated carbocycles. The molecule has 0 aromatic carbocycles. The molecule has 1 aromatic heterocycles. The lowest BCUT2D eigenvalue weighted by molar-refractivity contribution is 0.161. The fraction of sp³-hybridized carbons (Fsp3) is 0.600. The first kappa shape index (κ1) is 9.55. The fourth-order valence-corrected chi connectivity index (χ4v) is 1.71. The lowest BCUT2D eigenvalue weighted by Crippen LogP contribution is -2.49. The second-order valence-electron chi connectivity index (χ2n) is 3.69. The van der Waals surface area contributed by atoms with Gasteiger partial charge < -0.3 is 5.32 Å². The van der Waals surface area contributed by atoms with E-state index in [-0.39, 0.29) is 0 Å². The molecule has 1 aliphatic heterocycles. The summed E-state index contributed by atoms with van der Waals surface area (Å²) in [6.07, 6.45) is 3.60. The highest BCUT2D eigenvalue weighted by Crippen LogP contribution is 2.05. The number of nitrogens with zero attached hydrogens (tertiary/aromatic N) is 3. The van der Waals surface area contributed by atoms with Crippen LogP contribution in [-0.2, 0) is 6.54 Å². The van der Waals surface area contributed by atoms with Crippen LogP contribution >= 0.6 is 0 Å². The molecule has 4 heteroatoms. The molecule has 14 heavy (non-hydrogen) atoms. The van der Waals surface area contributed by atoms with Crippen molar-refractivity contribution < 1.29 is 0 Å². The van der Waals surface area contributed by atoms with Crippen molar-refractivity contribution in [2.45, 2.75) is 19.5 Å². The molecular formula is C10H16N4. The van der Waals surface area contributed by atoms with Gasteiger partial charge in [0.05, 0.1) is 6.54 Å². The fourth-order valence-electron chi connectivity index (χ4n) is 1.71. The van der Waals surface area contributed by atoms with Gasteiger partial charge >= 0.3 is 0 Å². The van der Waals surface area contributed by atoms with Crippen LogP contribution in [-0.4, -0.2) is 40.5 Å². The summed E-state index contributed by atoms with van der Waals surface area (Å²) in [5.41, 5.74) is 0. The van der Waals surface area contributed by atoms with Crippen LogP contribution in [0.5, 0.6) is 0 Å². The van der Waals surface area contributed by atoms with Gasteiger partial charge in [0.1, 0.15) is 5.82 Å². The minimum absolute atomic E-state index is 0.576. The van der Waals surface area contributed by atoms with Gasteiger partial charge in [-0.05, 0) is 13.0 Å². The highest BCUT2D eigenvalue weighted by Gasteiger charge is 2.18. The molecule has 1 saturated heterocycles. The third-order valence-electron chi connectivity index (χ3n) is 2.60. The van der Waals surface area contributed by atoms with E-state index in [4.69, 9.17) is 0 Å². The van der Waals surface area contributed by atoms with Crippen molar-refractivity contribution in [2.75, 3.05) is 19.6 Å². The molecule has 1 unspecified atom stereocenters. The van der Waals surface area contributed by atoms with Gasteiger partial charge in [-0.2, -0.15) is 0 Å². The number of hydrogen-bond acceptors (Lipinski definition) is 4. The molecule has 76 valence electrons. The first-order chi connectivity index (χ1) is 6.86. The van der Waals surface area contributed by atoms with Crippen molar-refractivity contribution >= 4 is 0 Å². The average Bonchev–Trinajstić information content (AvgIpc) is 2.23. The van der Waals surface area contributed by atoms with Crippen LogP contribution in [0.3, 0.4) is 0 Å². The van der Waals surface area contributed by atoms with Crippen molar-refractivity contribution in [1.82, 2.24) is 20.2 Å². The number of aromatic nitrogens is 2. The van der Waals surface area contributed by atoms with Crippen LogP contribution in [0.2, 0.25) is 0 Å². The summed E-state index contributed by atoms with van der Waals surface area (Å²) in [5.74, 6) is 0.918. The maximum absolute atomic E-state index is 4.23. The van der Waals surface area contributed by atoms with Crippen LogP contribution in [0, 0.1) is 0 Å². The summed E-state index contributed by atoms with van der Waals surface area (Å²) in [4.78, 5) is 10.9. The number of nitrogens with one attached hydrogen (secondary N) is 1. The molecule has 4 nitrogen and oxygen atoms in total. The SMILES string of the molecule is CC1CNCCN1Cc1ncccn1. The zero-order valence-electron chi connectivity index (χ0n) is 8.48. The van der Waals surface area contributed by atoms with Crippen molar-refractivity contribution in [3.8, 4) is 0 Å². The molecule has 1 fully saturated rings. The minimum Gasteiger partial charge on any atom is -0.314 e. The molecule has 0 amide bonds. The Balaban J connectivity index is 1.96. The Morgan fingerprint density at radius 1 is 1.50 bits per heavy atom. The van der Waals surface area contributed by atoms with Crippen molar-refractivity contribution in [2.24, 2.45) is 0 Å². The largest absolute Gasteiger partial charge is 0.314 e. The molecule has 1 N–H and O–H groups in total. The van der Waals surface area contributed by atoms with Crippen molar-refractivity contribution in [3.63, 3.8) is 0 Å². The molecule has 2 rings (SSSR count). The predicted molar refractivity (Wildman–Crippen MR) is 54.8 cm³/mol. The summed E-state index contributed by atoms with van der Waals surface area (Å²) in [6, 6.07) is 2.43. The molecule has 0 radical (unpaired) electrons. The minimum atomic E-state index is 0.576. The Bertz CT molecular complexity index is 275. The molecule has 1 aliphatic rings. The van der Waals surface area contributed by atoms with Crippen LogP contribution in [0.1, 0.15) is 12.7 Å². The third-order valence-corrected chi connectivity index (χ3v) is 2.60. The lowest BCUT2D eigenvalue weighted by atomic mass is 10.2. The quantitative estimate of drug-likeness (QED) is 0.730. The van der Waals surface area contributed by atoms with E-state index in [0.29, 0.717) is 6.04 Å². The van der Waals surface area contributed by atoms with Gasteiger partial charge in [-0.3, -0.25) is 4.90 Å². The Kier molecular flexibility index (Phi) is 3.06. The third kappa shape index (κ3) is 2.27. The molecule has 0 bridgehead atoms. The van der Waals surface area contributed by atoms with Gasteiger partial charge in [0, 0.05) is 38.1 Å². The second kappa shape index (κ2) is 4.48. The maximum atomic E-state index is 4.23. The zero-order valence-corrected chi connectivity index (χ0v) is 8.48. The smallest absolute Gasteiger partial charge is 0.142 e. The summed E-state index contributed by atoms with van der Waals surface area (Å²) in [6.45, 7) is 6.31. The number of piperazine rings is 1. The van der Waals surface area contributed by atoms with Crippen molar-refractivity contribution in [1.29, 1.82) is 0 Å². The van der Waals surface area contributed by atoms with E-state index < -0.39 is 0 Å². The summed E-state index contributed by atoms with van der Waals surface area (Å²) in [7, 11) is 0. The summed E-state index contributed by atoms with van der Waals surface area (Å²) < 4.78 is 0. The lowest BCUT2D eigenvalue weighted by Gasteiger charge is -2.33. The Hall–Kier alpha value is -1.00. The second-order valence-corrected chi connectivity index (χ2v) is 3.69. The van der Waals surface area contributed by atoms with E-state index in [9.17, 15) is 0 Å². The highest BCUT2D eigenvalue weighted by molar-refractivity contribution is 4.90. The molecule has 0 spiro atoms. The van der Waals surface area contributed by atoms with E-state index in [1.165, 1.54) is 0 Å². The zero-order chi connectivity index (χ0) is 9.80. The molecule has 1 aromatic rings. The number of hydrogen-bond donors (Lipinski definition) is 1. The Labute approximate surface area is 84.4 Å². The topological polar surface area (TPSA) is 41.0 Å². The van der Waals surface area contributed by atoms with Gasteiger partial charge in [-0.25, -0.2) is 9.97 Å². The summed E-state index contributed by atoms with van der Waals surface area (Å²) >= 11 is 0. The molecule has 0 aliphatic carbocycles. The molecule has 2 heterocycles. The van der Waals surface area contributed by atoms with Gasteiger partial charge in [-0.15, -0.1) is 0 Å². The monoisotopic (exact) mass is 192 g/mol. The number of rotatable bonds is 2. The van der Waals surface area contributed by atoms with E-state index >= 15 is 0 Å². The van der Waals surface area contributed by atoms with Crippen LogP contribution < -0.4 is 5.32 Å². The van der Waals surface area contributed by atoms with Gasteiger partial charge in [-0.1, -0.05) is 0 Å². The summed E-state index contributed by atoms with van der Waals surface area (Å²) in [5, 5.41) is 3.37. The van der Waals surface area contributed by atoms with Gasteiger partial charge in [0.2, 0.25) is 0 Å². The van der Waals surface area contributed by atoms with Crippen LogP contribution in [0.25, 0.3) is 0 Å². The van der Waals surface area contributed by atoms with Crippen LogP contribution in [0.4, 0.5) is 0 Å². The predicted octanol–water partition coefficient (Wildman–Crippen LogP) is 0.270. The van der Waals surface area contributed by atoms with Gasteiger partial charge in [0.15, 0.2) is 0 Å². The highest BCUT2D eigenvalue weighted by atomic mass is 15.2.